The number of sulfonamides is 1. The van der Waals surface area contributed by atoms with Crippen LogP contribution in [0.1, 0.15) is 30.9 Å². The Balaban J connectivity index is 1.85. The number of likely N-dealkylation sites (tertiary alicyclic amines) is 1. The van der Waals surface area contributed by atoms with E-state index in [1.807, 2.05) is 13.2 Å². The summed E-state index contributed by atoms with van der Waals surface area (Å²) in [6, 6.07) is -0.297. The molecule has 0 aliphatic carbocycles. The molecule has 2 saturated heterocycles. The Morgan fingerprint density at radius 2 is 2.00 bits per heavy atom. The van der Waals surface area contributed by atoms with Gasteiger partial charge in [-0.25, -0.2) is 8.42 Å². The molecular weight excluding hydrogens is 316 g/mol. The van der Waals surface area contributed by atoms with Crippen LogP contribution in [0.25, 0.3) is 0 Å². The lowest BCUT2D eigenvalue weighted by molar-refractivity contribution is -0.0584. The van der Waals surface area contributed by atoms with Gasteiger partial charge in [0.2, 0.25) is 10.0 Å². The molecule has 7 nitrogen and oxygen atoms in total. The fraction of sp³-hybridized carbons (Fsp3) is 0.800. The van der Waals surface area contributed by atoms with Crippen molar-refractivity contribution in [3.63, 3.8) is 0 Å². The maximum Gasteiger partial charge on any atom is 0.211 e. The first-order chi connectivity index (χ1) is 10.9. The normalized spacial score (nSPS) is 28.1. The summed E-state index contributed by atoms with van der Waals surface area (Å²) < 4.78 is 33.8. The molecule has 1 aromatic rings. The predicted molar refractivity (Wildman–Crippen MR) is 87.5 cm³/mol. The second-order valence-corrected chi connectivity index (χ2v) is 8.47. The molecule has 2 aliphatic rings. The molecule has 2 aliphatic heterocycles. The number of hydrogen-bond donors (Lipinski definition) is 0. The van der Waals surface area contributed by atoms with Gasteiger partial charge in [0.05, 0.1) is 31.2 Å². The third kappa shape index (κ3) is 3.93. The van der Waals surface area contributed by atoms with Crippen LogP contribution in [0.15, 0.2) is 12.4 Å². The van der Waals surface area contributed by atoms with Crippen LogP contribution in [0.5, 0.6) is 0 Å². The van der Waals surface area contributed by atoms with E-state index in [0.717, 1.165) is 25.2 Å². The van der Waals surface area contributed by atoms with Gasteiger partial charge in [-0.3, -0.25) is 4.68 Å². The number of ether oxygens (including phenoxy) is 1. The minimum atomic E-state index is -3.29. The van der Waals surface area contributed by atoms with Gasteiger partial charge in [0.15, 0.2) is 0 Å². The van der Waals surface area contributed by atoms with Crippen LogP contribution in [0.2, 0.25) is 0 Å². The Kier molecular flexibility index (Phi) is 5.05. The molecule has 130 valence electrons. The summed E-state index contributed by atoms with van der Waals surface area (Å²) in [7, 11) is -1.45. The molecule has 23 heavy (non-hydrogen) atoms. The first kappa shape index (κ1) is 16.9. The zero-order valence-electron chi connectivity index (χ0n) is 13.9. The summed E-state index contributed by atoms with van der Waals surface area (Å²) in [5.41, 5.74) is 0.902. The van der Waals surface area contributed by atoms with E-state index in [-0.39, 0.29) is 12.1 Å². The first-order valence-corrected chi connectivity index (χ1v) is 10.1. The smallest absolute Gasteiger partial charge is 0.211 e. The molecule has 0 saturated carbocycles. The van der Waals surface area contributed by atoms with Crippen LogP contribution in [-0.2, 0) is 21.8 Å². The van der Waals surface area contributed by atoms with Crippen molar-refractivity contribution in [3.8, 4) is 0 Å². The van der Waals surface area contributed by atoms with Crippen molar-refractivity contribution in [2.75, 3.05) is 39.0 Å². The summed E-state index contributed by atoms with van der Waals surface area (Å²) in [6.45, 7) is 3.75. The third-order valence-electron chi connectivity index (χ3n) is 4.69. The van der Waals surface area contributed by atoms with Gasteiger partial charge in [0.1, 0.15) is 0 Å². The van der Waals surface area contributed by atoms with Crippen LogP contribution < -0.4 is 0 Å². The van der Waals surface area contributed by atoms with Crippen LogP contribution in [0.4, 0.5) is 0 Å². The first-order valence-electron chi connectivity index (χ1n) is 8.24. The highest BCUT2D eigenvalue weighted by Crippen LogP contribution is 2.32. The quantitative estimate of drug-likeness (QED) is 0.802. The van der Waals surface area contributed by atoms with E-state index in [1.54, 1.807) is 15.2 Å². The zero-order valence-corrected chi connectivity index (χ0v) is 14.7. The lowest BCUT2D eigenvalue weighted by Gasteiger charge is -2.41. The largest absolute Gasteiger partial charge is 0.373 e. The standard InChI is InChI=1S/C15H26N4O3S/c1-17-11-13(10-16-17)15-14(12-18-6-4-3-5-7-18)22-9-8-19(15)23(2,20)21/h10-11,14-15H,3-9,12H2,1-2H3/t14-,15-/m0/s1. The number of piperidine rings is 1. The van der Waals surface area contributed by atoms with Crippen LogP contribution in [0.3, 0.4) is 0 Å². The van der Waals surface area contributed by atoms with E-state index in [4.69, 9.17) is 4.74 Å². The molecule has 0 N–H and O–H groups in total. The minimum absolute atomic E-state index is 0.152. The SMILES string of the molecule is Cn1cc([C@H]2[C@H](CN3CCCCC3)OCCN2S(C)(=O)=O)cn1. The van der Waals surface area contributed by atoms with Crippen molar-refractivity contribution in [2.45, 2.75) is 31.4 Å². The van der Waals surface area contributed by atoms with E-state index in [2.05, 4.69) is 10.00 Å². The predicted octanol–water partition coefficient (Wildman–Crippen LogP) is 0.608. The van der Waals surface area contributed by atoms with E-state index >= 15 is 0 Å². The Morgan fingerprint density at radius 1 is 1.26 bits per heavy atom. The van der Waals surface area contributed by atoms with Crippen molar-refractivity contribution in [3.05, 3.63) is 18.0 Å². The zero-order chi connectivity index (χ0) is 16.4. The molecule has 2 fully saturated rings. The fourth-order valence-electron chi connectivity index (χ4n) is 3.60. The molecule has 2 atom stereocenters. The molecule has 1 aromatic heterocycles. The van der Waals surface area contributed by atoms with Gasteiger partial charge < -0.3 is 9.64 Å². The number of hydrogen-bond acceptors (Lipinski definition) is 5. The Labute approximate surface area is 138 Å². The fourth-order valence-corrected chi connectivity index (χ4v) is 4.68. The lowest BCUT2D eigenvalue weighted by Crippen LogP contribution is -2.52. The molecule has 0 spiro atoms. The highest BCUT2D eigenvalue weighted by atomic mass is 32.2. The average Bonchev–Trinajstić information content (AvgIpc) is 2.93. The molecule has 0 radical (unpaired) electrons. The van der Waals surface area contributed by atoms with E-state index in [0.29, 0.717) is 13.2 Å². The molecule has 8 heteroatoms. The molecule has 0 bridgehead atoms. The van der Waals surface area contributed by atoms with Gasteiger partial charge in [0, 0.05) is 31.9 Å². The number of morpholine rings is 1. The molecule has 3 heterocycles. The summed E-state index contributed by atoms with van der Waals surface area (Å²) in [4.78, 5) is 2.39. The minimum Gasteiger partial charge on any atom is -0.373 e. The molecule has 0 amide bonds. The lowest BCUT2D eigenvalue weighted by atomic mass is 10.0. The number of nitrogens with zero attached hydrogens (tertiary/aromatic N) is 4. The monoisotopic (exact) mass is 342 g/mol. The van der Waals surface area contributed by atoms with E-state index < -0.39 is 10.0 Å². The van der Waals surface area contributed by atoms with Crippen LogP contribution in [0, 0.1) is 0 Å². The second kappa shape index (κ2) is 6.88. The Bertz CT molecular complexity index is 624. The summed E-state index contributed by atoms with van der Waals surface area (Å²) >= 11 is 0. The number of aromatic nitrogens is 2. The number of aryl methyl sites for hydroxylation is 1. The second-order valence-electron chi connectivity index (χ2n) is 6.54. The average molecular weight is 342 g/mol. The van der Waals surface area contributed by atoms with E-state index in [1.165, 1.54) is 25.5 Å². The highest BCUT2D eigenvalue weighted by molar-refractivity contribution is 7.88. The maximum atomic E-state index is 12.2. The maximum absolute atomic E-state index is 12.2. The van der Waals surface area contributed by atoms with E-state index in [9.17, 15) is 8.42 Å². The van der Waals surface area contributed by atoms with Crippen molar-refractivity contribution in [2.24, 2.45) is 7.05 Å². The highest BCUT2D eigenvalue weighted by Gasteiger charge is 2.39. The summed E-state index contributed by atoms with van der Waals surface area (Å²) in [6.07, 6.45) is 8.46. The molecule has 3 rings (SSSR count). The van der Waals surface area contributed by atoms with Gasteiger partial charge >= 0.3 is 0 Å². The Morgan fingerprint density at radius 3 is 2.61 bits per heavy atom. The van der Waals surface area contributed by atoms with Gasteiger partial charge in [-0.1, -0.05) is 6.42 Å². The van der Waals surface area contributed by atoms with Gasteiger partial charge in [0.25, 0.3) is 0 Å². The topological polar surface area (TPSA) is 67.7 Å². The molecular formula is C15H26N4O3S. The van der Waals surface area contributed by atoms with Crippen LogP contribution >= 0.6 is 0 Å². The molecule has 0 aromatic carbocycles. The molecule has 0 unspecified atom stereocenters. The van der Waals surface area contributed by atoms with Crippen LogP contribution in [-0.4, -0.2) is 72.5 Å². The summed E-state index contributed by atoms with van der Waals surface area (Å²) in [5, 5.41) is 4.22. The van der Waals surface area contributed by atoms with Gasteiger partial charge in [-0.05, 0) is 25.9 Å². The van der Waals surface area contributed by atoms with Gasteiger partial charge in [-0.15, -0.1) is 0 Å². The summed E-state index contributed by atoms with van der Waals surface area (Å²) in [5.74, 6) is 0. The van der Waals surface area contributed by atoms with Crippen molar-refractivity contribution in [1.82, 2.24) is 19.0 Å². The number of rotatable bonds is 4. The Hall–Kier alpha value is -0.960. The van der Waals surface area contributed by atoms with Crippen molar-refractivity contribution in [1.29, 1.82) is 0 Å². The third-order valence-corrected chi connectivity index (χ3v) is 5.95. The van der Waals surface area contributed by atoms with Crippen molar-refractivity contribution >= 4 is 10.0 Å². The van der Waals surface area contributed by atoms with Gasteiger partial charge in [-0.2, -0.15) is 9.40 Å². The van der Waals surface area contributed by atoms with Crippen molar-refractivity contribution < 1.29 is 13.2 Å².